The molecule has 0 aromatic heterocycles. The van der Waals surface area contributed by atoms with Crippen molar-refractivity contribution in [1.82, 2.24) is 0 Å². The summed E-state index contributed by atoms with van der Waals surface area (Å²) in [7, 11) is -3.37. The van der Waals surface area contributed by atoms with Crippen molar-refractivity contribution >= 4 is 21.4 Å². The molecule has 0 aliphatic heterocycles. The van der Waals surface area contributed by atoms with Crippen molar-refractivity contribution in [2.75, 3.05) is 12.0 Å². The smallest absolute Gasteiger partial charge is 0.221 e. The second-order valence-corrected chi connectivity index (χ2v) is 5.27. The summed E-state index contributed by atoms with van der Waals surface area (Å²) in [5.41, 5.74) is 11.2. The van der Waals surface area contributed by atoms with E-state index in [1.165, 1.54) is 12.1 Å². The lowest BCUT2D eigenvalue weighted by molar-refractivity contribution is -0.117. The fraction of sp³-hybridized carbons (Fsp3) is 0.222. The lowest BCUT2D eigenvalue weighted by atomic mass is 10.1. The number of rotatable bonds is 3. The largest absolute Gasteiger partial charge is 0.398 e. The van der Waals surface area contributed by atoms with E-state index in [0.29, 0.717) is 5.56 Å². The first-order valence-corrected chi connectivity index (χ1v) is 6.06. The maximum atomic E-state index is 11.3. The Morgan fingerprint density at radius 1 is 1.40 bits per heavy atom. The number of primary amides is 1. The summed E-state index contributed by atoms with van der Waals surface area (Å²) < 4.78 is 22.6. The normalized spacial score (nSPS) is 11.3. The van der Waals surface area contributed by atoms with E-state index in [1.54, 1.807) is 6.07 Å². The Hall–Kier alpha value is -1.56. The van der Waals surface area contributed by atoms with Crippen LogP contribution in [-0.2, 0) is 21.1 Å². The molecule has 0 fully saturated rings. The molecular weight excluding hydrogens is 216 g/mol. The first kappa shape index (κ1) is 11.5. The van der Waals surface area contributed by atoms with Crippen molar-refractivity contribution in [3.05, 3.63) is 23.8 Å². The molecule has 1 rings (SSSR count). The van der Waals surface area contributed by atoms with Gasteiger partial charge in [0.25, 0.3) is 0 Å². The number of carbonyl (C=O) groups excluding carboxylic acids is 1. The zero-order valence-corrected chi connectivity index (χ0v) is 9.04. The van der Waals surface area contributed by atoms with Gasteiger partial charge in [-0.1, -0.05) is 6.07 Å². The Labute approximate surface area is 88.0 Å². The average Bonchev–Trinajstić information content (AvgIpc) is 2.05. The molecule has 1 aromatic rings. The molecule has 15 heavy (non-hydrogen) atoms. The summed E-state index contributed by atoms with van der Waals surface area (Å²) in [5, 5.41) is 0. The molecular formula is C9H12N2O3S. The lowest BCUT2D eigenvalue weighted by Gasteiger charge is -2.05. The SMILES string of the molecule is CS(=O)(=O)c1cc(CC(N)=O)ccc1N. The molecule has 5 nitrogen and oxygen atoms in total. The van der Waals surface area contributed by atoms with Crippen LogP contribution in [0.4, 0.5) is 5.69 Å². The highest BCUT2D eigenvalue weighted by Crippen LogP contribution is 2.19. The monoisotopic (exact) mass is 228 g/mol. The summed E-state index contributed by atoms with van der Waals surface area (Å²) in [4.78, 5) is 10.7. The quantitative estimate of drug-likeness (QED) is 0.693. The van der Waals surface area contributed by atoms with E-state index in [-0.39, 0.29) is 17.0 Å². The number of nitrogens with two attached hydrogens (primary N) is 2. The van der Waals surface area contributed by atoms with E-state index in [0.717, 1.165) is 6.26 Å². The van der Waals surface area contributed by atoms with Crippen LogP contribution >= 0.6 is 0 Å². The molecule has 4 N–H and O–H groups in total. The van der Waals surface area contributed by atoms with Crippen LogP contribution in [0.25, 0.3) is 0 Å². The molecule has 0 saturated carbocycles. The van der Waals surface area contributed by atoms with Gasteiger partial charge in [-0.25, -0.2) is 8.42 Å². The highest BCUT2D eigenvalue weighted by atomic mass is 32.2. The van der Waals surface area contributed by atoms with E-state index >= 15 is 0 Å². The Balaban J connectivity index is 3.23. The minimum Gasteiger partial charge on any atom is -0.398 e. The standard InChI is InChI=1S/C9H12N2O3S/c1-15(13,14)8-4-6(5-9(11)12)2-3-7(8)10/h2-4H,5,10H2,1H3,(H2,11,12). The molecule has 0 bridgehead atoms. The van der Waals surface area contributed by atoms with E-state index in [4.69, 9.17) is 11.5 Å². The molecule has 6 heteroatoms. The minimum absolute atomic E-state index is 0.00278. The molecule has 0 atom stereocenters. The van der Waals surface area contributed by atoms with E-state index < -0.39 is 15.7 Å². The summed E-state index contributed by atoms with van der Waals surface area (Å²) >= 11 is 0. The topological polar surface area (TPSA) is 103 Å². The number of benzene rings is 1. The summed E-state index contributed by atoms with van der Waals surface area (Å²) in [5.74, 6) is -0.515. The maximum absolute atomic E-state index is 11.3. The predicted molar refractivity (Wildman–Crippen MR) is 56.9 cm³/mol. The van der Waals surface area contributed by atoms with Gasteiger partial charge < -0.3 is 11.5 Å². The third kappa shape index (κ3) is 2.95. The van der Waals surface area contributed by atoms with Gasteiger partial charge in [0, 0.05) is 6.26 Å². The van der Waals surface area contributed by atoms with Crippen LogP contribution in [0.2, 0.25) is 0 Å². The van der Waals surface area contributed by atoms with Crippen LogP contribution in [0.5, 0.6) is 0 Å². The minimum atomic E-state index is -3.37. The van der Waals surface area contributed by atoms with Crippen molar-refractivity contribution in [1.29, 1.82) is 0 Å². The van der Waals surface area contributed by atoms with Gasteiger partial charge in [0.05, 0.1) is 17.0 Å². The van der Waals surface area contributed by atoms with Crippen LogP contribution < -0.4 is 11.5 Å². The van der Waals surface area contributed by atoms with Gasteiger partial charge >= 0.3 is 0 Å². The van der Waals surface area contributed by atoms with Crippen molar-refractivity contribution < 1.29 is 13.2 Å². The zero-order valence-electron chi connectivity index (χ0n) is 8.23. The van der Waals surface area contributed by atoms with Crippen LogP contribution in [0.1, 0.15) is 5.56 Å². The number of carbonyl (C=O) groups is 1. The van der Waals surface area contributed by atoms with Crippen molar-refractivity contribution in [3.63, 3.8) is 0 Å². The molecule has 1 aromatic carbocycles. The van der Waals surface area contributed by atoms with Gasteiger partial charge in [0.1, 0.15) is 0 Å². The number of sulfone groups is 1. The van der Waals surface area contributed by atoms with Gasteiger partial charge in [-0.05, 0) is 17.7 Å². The Morgan fingerprint density at radius 2 is 2.00 bits per heavy atom. The van der Waals surface area contributed by atoms with Crippen molar-refractivity contribution in [2.45, 2.75) is 11.3 Å². The average molecular weight is 228 g/mol. The van der Waals surface area contributed by atoms with Crippen LogP contribution in [-0.4, -0.2) is 20.6 Å². The van der Waals surface area contributed by atoms with E-state index in [2.05, 4.69) is 0 Å². The predicted octanol–water partition coefficient (Wildman–Crippen LogP) is -0.300. The fourth-order valence-corrected chi connectivity index (χ4v) is 2.07. The number of nitrogen functional groups attached to an aromatic ring is 1. The molecule has 0 unspecified atom stereocenters. The van der Waals surface area contributed by atoms with Gasteiger partial charge in [-0.3, -0.25) is 4.79 Å². The molecule has 0 saturated heterocycles. The molecule has 0 spiro atoms. The molecule has 0 aliphatic rings. The molecule has 82 valence electrons. The highest BCUT2D eigenvalue weighted by molar-refractivity contribution is 7.90. The van der Waals surface area contributed by atoms with Gasteiger partial charge in [0.2, 0.25) is 5.91 Å². The zero-order chi connectivity index (χ0) is 11.6. The van der Waals surface area contributed by atoms with Crippen LogP contribution in [0, 0.1) is 0 Å². The van der Waals surface area contributed by atoms with Crippen molar-refractivity contribution in [3.8, 4) is 0 Å². The highest BCUT2D eigenvalue weighted by Gasteiger charge is 2.12. The second-order valence-electron chi connectivity index (χ2n) is 3.29. The lowest BCUT2D eigenvalue weighted by Crippen LogP contribution is -2.14. The number of amides is 1. The number of hydrogen-bond donors (Lipinski definition) is 2. The van der Waals surface area contributed by atoms with Crippen molar-refractivity contribution in [2.24, 2.45) is 5.73 Å². The Morgan fingerprint density at radius 3 is 2.47 bits per heavy atom. The number of anilines is 1. The summed E-state index contributed by atoms with van der Waals surface area (Å²) in [6.45, 7) is 0. The Bertz CT molecular complexity index is 494. The summed E-state index contributed by atoms with van der Waals surface area (Å²) in [6, 6.07) is 4.40. The first-order valence-electron chi connectivity index (χ1n) is 4.17. The van der Waals surface area contributed by atoms with Crippen LogP contribution in [0.3, 0.4) is 0 Å². The van der Waals surface area contributed by atoms with E-state index in [1.807, 2.05) is 0 Å². The molecule has 0 radical (unpaired) electrons. The van der Waals surface area contributed by atoms with Gasteiger partial charge in [-0.15, -0.1) is 0 Å². The van der Waals surface area contributed by atoms with Gasteiger partial charge in [-0.2, -0.15) is 0 Å². The van der Waals surface area contributed by atoms with E-state index in [9.17, 15) is 13.2 Å². The third-order valence-electron chi connectivity index (χ3n) is 1.86. The third-order valence-corrected chi connectivity index (χ3v) is 3.01. The second kappa shape index (κ2) is 3.90. The Kier molecular flexibility index (Phi) is 2.99. The summed E-state index contributed by atoms with van der Waals surface area (Å²) in [6.07, 6.45) is 1.07. The van der Waals surface area contributed by atoms with Gasteiger partial charge in [0.15, 0.2) is 9.84 Å². The maximum Gasteiger partial charge on any atom is 0.221 e. The first-order chi connectivity index (χ1) is 6.80. The molecule has 1 amide bonds. The fourth-order valence-electron chi connectivity index (χ4n) is 1.21. The molecule has 0 heterocycles. The van der Waals surface area contributed by atoms with Crippen LogP contribution in [0.15, 0.2) is 23.1 Å². The molecule has 0 aliphatic carbocycles. The number of hydrogen-bond acceptors (Lipinski definition) is 4.